The molecule has 2 aliphatic carbocycles. The molecular weight excluding hydrogens is 426 g/mol. The molecule has 33 heavy (non-hydrogen) atoms. The largest absolute Gasteiger partial charge is 0.488 e. The van der Waals surface area contributed by atoms with Crippen molar-refractivity contribution in [3.63, 3.8) is 0 Å². The Balaban J connectivity index is 1.44. The van der Waals surface area contributed by atoms with E-state index >= 15 is 0 Å². The number of fused-ring (bicyclic) bond motifs is 1. The molecule has 174 valence electrons. The number of alkyl halides is 2. The highest BCUT2D eigenvalue weighted by molar-refractivity contribution is 6.05. The summed E-state index contributed by atoms with van der Waals surface area (Å²) in [5.41, 5.74) is 0.793. The summed E-state index contributed by atoms with van der Waals surface area (Å²) in [5, 5.41) is 8.51. The number of anilines is 1. The first kappa shape index (κ1) is 21.8. The molecule has 1 N–H and O–H groups in total. The highest BCUT2D eigenvalue weighted by Crippen LogP contribution is 2.37. The van der Waals surface area contributed by atoms with Gasteiger partial charge in [-0.3, -0.25) is 9.48 Å². The van der Waals surface area contributed by atoms with E-state index < -0.39 is 17.5 Å². The molecule has 0 saturated heterocycles. The van der Waals surface area contributed by atoms with E-state index in [0.717, 1.165) is 49.4 Å². The lowest BCUT2D eigenvalue weighted by atomic mass is 9.87. The molecule has 1 amide bonds. The second-order valence-corrected chi connectivity index (χ2v) is 9.50. The second kappa shape index (κ2) is 8.39. The molecule has 1 aromatic carbocycles. The van der Waals surface area contributed by atoms with Crippen LogP contribution in [0.25, 0.3) is 10.9 Å². The van der Waals surface area contributed by atoms with Crippen molar-refractivity contribution in [2.24, 2.45) is 5.92 Å². The summed E-state index contributed by atoms with van der Waals surface area (Å²) in [5.74, 6) is -2.39. The minimum atomic E-state index is -3.12. The number of nitrogens with one attached hydrogen (secondary N) is 1. The predicted molar refractivity (Wildman–Crippen MR) is 122 cm³/mol. The Morgan fingerprint density at radius 1 is 1.15 bits per heavy atom. The number of carbonyl (C=O) groups is 1. The second-order valence-electron chi connectivity index (χ2n) is 9.50. The highest BCUT2D eigenvalue weighted by Gasteiger charge is 2.28. The van der Waals surface area contributed by atoms with E-state index in [1.54, 1.807) is 0 Å². The Kier molecular flexibility index (Phi) is 5.54. The van der Waals surface area contributed by atoms with E-state index in [4.69, 9.17) is 9.84 Å². The molecule has 0 unspecified atom stereocenters. The standard InChI is InChI=1S/C25H28F2N4O2/c1-15-6-8-17(9-7-15)31-14-16-12-21(22(13-20(16)30-31)33-18-10-11-18)29-24(32)19-4-3-5-23(28-19)25(2,26)27/h3-5,12-15,17-18H,6-11H2,1-2H3,(H,29,32)/t15-,17-. The van der Waals surface area contributed by atoms with Crippen molar-refractivity contribution < 1.29 is 18.3 Å². The molecule has 2 saturated carbocycles. The number of pyridine rings is 1. The van der Waals surface area contributed by atoms with E-state index in [-0.39, 0.29) is 11.8 Å². The van der Waals surface area contributed by atoms with Crippen molar-refractivity contribution in [1.82, 2.24) is 14.8 Å². The first-order chi connectivity index (χ1) is 15.8. The maximum absolute atomic E-state index is 13.7. The van der Waals surface area contributed by atoms with Crippen LogP contribution in [0.5, 0.6) is 5.75 Å². The molecule has 2 heterocycles. The lowest BCUT2D eigenvalue weighted by Crippen LogP contribution is -2.18. The quantitative estimate of drug-likeness (QED) is 0.490. The molecular formula is C25H28F2N4O2. The van der Waals surface area contributed by atoms with Crippen molar-refractivity contribution in [2.75, 3.05) is 5.32 Å². The zero-order chi connectivity index (χ0) is 23.2. The monoisotopic (exact) mass is 454 g/mol. The van der Waals surface area contributed by atoms with Crippen LogP contribution in [0.1, 0.15) is 74.6 Å². The summed E-state index contributed by atoms with van der Waals surface area (Å²) in [6.45, 7) is 3.05. The number of amides is 1. The van der Waals surface area contributed by atoms with Gasteiger partial charge in [0, 0.05) is 24.6 Å². The maximum Gasteiger partial charge on any atom is 0.287 e. The Morgan fingerprint density at radius 2 is 1.91 bits per heavy atom. The number of hydrogen-bond acceptors (Lipinski definition) is 4. The number of carbonyl (C=O) groups excluding carboxylic acids is 1. The summed E-state index contributed by atoms with van der Waals surface area (Å²) >= 11 is 0. The number of benzene rings is 1. The summed E-state index contributed by atoms with van der Waals surface area (Å²) < 4.78 is 35.4. The van der Waals surface area contributed by atoms with Gasteiger partial charge < -0.3 is 10.1 Å². The fourth-order valence-electron chi connectivity index (χ4n) is 4.32. The number of halogens is 2. The van der Waals surface area contributed by atoms with Crippen molar-refractivity contribution in [2.45, 2.75) is 70.4 Å². The average molecular weight is 455 g/mol. The highest BCUT2D eigenvalue weighted by atomic mass is 19.3. The molecule has 0 radical (unpaired) electrons. The van der Waals surface area contributed by atoms with E-state index in [0.29, 0.717) is 17.5 Å². The van der Waals surface area contributed by atoms with E-state index in [1.165, 1.54) is 31.0 Å². The molecule has 2 fully saturated rings. The molecule has 8 heteroatoms. The van der Waals surface area contributed by atoms with Crippen LogP contribution >= 0.6 is 0 Å². The van der Waals surface area contributed by atoms with Crippen LogP contribution < -0.4 is 10.1 Å². The van der Waals surface area contributed by atoms with Crippen LogP contribution in [-0.4, -0.2) is 26.8 Å². The third-order valence-electron chi connectivity index (χ3n) is 6.48. The van der Waals surface area contributed by atoms with Crippen molar-refractivity contribution >= 4 is 22.5 Å². The smallest absolute Gasteiger partial charge is 0.287 e. The molecule has 0 spiro atoms. The van der Waals surface area contributed by atoms with Crippen LogP contribution in [0.2, 0.25) is 0 Å². The van der Waals surface area contributed by atoms with Gasteiger partial charge in [-0.2, -0.15) is 13.9 Å². The topological polar surface area (TPSA) is 69.0 Å². The van der Waals surface area contributed by atoms with Crippen LogP contribution in [0.15, 0.2) is 36.5 Å². The maximum atomic E-state index is 13.7. The lowest BCUT2D eigenvalue weighted by Gasteiger charge is -2.26. The SMILES string of the molecule is CC(F)(F)c1cccc(C(=O)Nc2cc3cn([C@H]4CC[C@H](C)CC4)nc3cc2OC2CC2)n1. The van der Waals surface area contributed by atoms with Crippen molar-refractivity contribution in [3.05, 3.63) is 47.9 Å². The minimum Gasteiger partial charge on any atom is -0.488 e. The first-order valence-corrected chi connectivity index (χ1v) is 11.6. The fraction of sp³-hybridized carbons (Fsp3) is 0.480. The van der Waals surface area contributed by atoms with Gasteiger partial charge in [-0.15, -0.1) is 0 Å². The van der Waals surface area contributed by atoms with Gasteiger partial charge in [0.25, 0.3) is 11.8 Å². The minimum absolute atomic E-state index is 0.0708. The average Bonchev–Trinajstić information content (AvgIpc) is 3.50. The van der Waals surface area contributed by atoms with Gasteiger partial charge in [-0.05, 0) is 62.6 Å². The lowest BCUT2D eigenvalue weighted by molar-refractivity contribution is 0.0126. The van der Waals surface area contributed by atoms with Crippen LogP contribution in [-0.2, 0) is 5.92 Å². The van der Waals surface area contributed by atoms with Gasteiger partial charge in [0.15, 0.2) is 0 Å². The fourth-order valence-corrected chi connectivity index (χ4v) is 4.32. The normalized spacial score (nSPS) is 21.2. The van der Waals surface area contributed by atoms with Gasteiger partial charge in [0.1, 0.15) is 17.1 Å². The van der Waals surface area contributed by atoms with Crippen LogP contribution in [0.4, 0.5) is 14.5 Å². The zero-order valence-electron chi connectivity index (χ0n) is 18.9. The zero-order valence-corrected chi connectivity index (χ0v) is 18.9. The van der Waals surface area contributed by atoms with Crippen LogP contribution in [0.3, 0.4) is 0 Å². The van der Waals surface area contributed by atoms with E-state index in [1.807, 2.05) is 23.0 Å². The number of nitrogens with zero attached hydrogens (tertiary/aromatic N) is 3. The molecule has 2 aliphatic rings. The predicted octanol–water partition coefficient (Wildman–Crippen LogP) is 6.09. The van der Waals surface area contributed by atoms with Gasteiger partial charge in [-0.1, -0.05) is 13.0 Å². The van der Waals surface area contributed by atoms with Gasteiger partial charge in [0.2, 0.25) is 0 Å². The molecule has 5 rings (SSSR count). The van der Waals surface area contributed by atoms with E-state index in [9.17, 15) is 13.6 Å². The Hall–Kier alpha value is -3.03. The van der Waals surface area contributed by atoms with Gasteiger partial charge >= 0.3 is 0 Å². The van der Waals surface area contributed by atoms with Crippen LogP contribution in [0, 0.1) is 5.92 Å². The summed E-state index contributed by atoms with van der Waals surface area (Å²) in [6, 6.07) is 8.13. The summed E-state index contributed by atoms with van der Waals surface area (Å²) in [6.07, 6.45) is 8.68. The molecule has 6 nitrogen and oxygen atoms in total. The third kappa shape index (κ3) is 4.84. The molecule has 2 aromatic heterocycles. The number of rotatable bonds is 6. The van der Waals surface area contributed by atoms with E-state index in [2.05, 4.69) is 17.2 Å². The van der Waals surface area contributed by atoms with Crippen molar-refractivity contribution in [3.8, 4) is 5.75 Å². The summed E-state index contributed by atoms with van der Waals surface area (Å²) in [7, 11) is 0. The Bertz CT molecular complexity index is 1170. The molecule has 0 bridgehead atoms. The Morgan fingerprint density at radius 3 is 2.61 bits per heavy atom. The summed E-state index contributed by atoms with van der Waals surface area (Å²) in [4.78, 5) is 16.7. The third-order valence-corrected chi connectivity index (χ3v) is 6.48. The number of ether oxygens (including phenoxy) is 1. The van der Waals surface area contributed by atoms with Gasteiger partial charge in [-0.25, -0.2) is 4.98 Å². The molecule has 3 aromatic rings. The van der Waals surface area contributed by atoms with Gasteiger partial charge in [0.05, 0.1) is 23.3 Å². The number of hydrogen-bond donors (Lipinski definition) is 1. The molecule has 0 aliphatic heterocycles. The first-order valence-electron chi connectivity index (χ1n) is 11.6. The number of aromatic nitrogens is 3. The Labute approximate surface area is 191 Å². The van der Waals surface area contributed by atoms with Crippen molar-refractivity contribution in [1.29, 1.82) is 0 Å². The molecule has 0 atom stereocenters.